The van der Waals surface area contributed by atoms with E-state index in [0.29, 0.717) is 11.4 Å². The molecule has 0 fully saturated rings. The van der Waals surface area contributed by atoms with Gasteiger partial charge in [-0.15, -0.1) is 0 Å². The Labute approximate surface area is 129 Å². The van der Waals surface area contributed by atoms with E-state index in [-0.39, 0.29) is 11.9 Å². The molecule has 0 aliphatic rings. The van der Waals surface area contributed by atoms with E-state index in [4.69, 9.17) is 17.3 Å². The summed E-state index contributed by atoms with van der Waals surface area (Å²) in [7, 11) is 0. The summed E-state index contributed by atoms with van der Waals surface area (Å²) < 4.78 is 15.4. The number of hydrogen-bond donors (Lipinski definition) is 1. The summed E-state index contributed by atoms with van der Waals surface area (Å²) in [5, 5.41) is 5.17. The van der Waals surface area contributed by atoms with Gasteiger partial charge >= 0.3 is 0 Å². The first kappa shape index (κ1) is 16.0. The molecule has 0 spiro atoms. The molecule has 2 aromatic rings. The SMILES string of the molecule is CCc1nn(CC)c(CC(N)c2cc(C)cc(F)c2)c1Cl. The highest BCUT2D eigenvalue weighted by molar-refractivity contribution is 6.31. The van der Waals surface area contributed by atoms with Crippen LogP contribution < -0.4 is 5.73 Å². The first-order chi connectivity index (χ1) is 9.96. The molecule has 21 heavy (non-hydrogen) atoms. The number of nitrogens with two attached hydrogens (primary N) is 1. The van der Waals surface area contributed by atoms with Gasteiger partial charge in [0.05, 0.1) is 16.4 Å². The van der Waals surface area contributed by atoms with E-state index >= 15 is 0 Å². The van der Waals surface area contributed by atoms with Crippen LogP contribution in [-0.4, -0.2) is 9.78 Å². The van der Waals surface area contributed by atoms with Crippen LogP contribution in [0.2, 0.25) is 5.02 Å². The number of halogens is 2. The maximum atomic E-state index is 13.5. The molecule has 1 heterocycles. The fourth-order valence-corrected chi connectivity index (χ4v) is 2.86. The molecule has 0 amide bonds. The fourth-order valence-electron chi connectivity index (χ4n) is 2.52. The van der Waals surface area contributed by atoms with Crippen molar-refractivity contribution in [2.75, 3.05) is 0 Å². The topological polar surface area (TPSA) is 43.8 Å². The van der Waals surface area contributed by atoms with Crippen LogP contribution in [0.15, 0.2) is 18.2 Å². The lowest BCUT2D eigenvalue weighted by Crippen LogP contribution is -2.16. The second-order valence-corrected chi connectivity index (χ2v) is 5.63. The molecule has 0 bridgehead atoms. The minimum absolute atomic E-state index is 0.259. The van der Waals surface area contributed by atoms with Gasteiger partial charge in [-0.05, 0) is 43.5 Å². The molecule has 1 aromatic carbocycles. The summed E-state index contributed by atoms with van der Waals surface area (Å²) in [6, 6.07) is 4.59. The third-order valence-electron chi connectivity index (χ3n) is 3.60. The summed E-state index contributed by atoms with van der Waals surface area (Å²) >= 11 is 6.39. The molecule has 2 rings (SSSR count). The summed E-state index contributed by atoms with van der Waals surface area (Å²) in [5.41, 5.74) is 9.70. The lowest BCUT2D eigenvalue weighted by molar-refractivity contribution is 0.580. The summed E-state index contributed by atoms with van der Waals surface area (Å²) in [5.74, 6) is -0.259. The molecule has 0 aliphatic carbocycles. The second kappa shape index (κ2) is 6.58. The van der Waals surface area contributed by atoms with Crippen LogP contribution in [0.1, 0.15) is 42.4 Å². The molecule has 0 radical (unpaired) electrons. The quantitative estimate of drug-likeness (QED) is 0.912. The standard InChI is InChI=1S/C16H21ClFN3/c1-4-14-16(17)15(21(5-2)20-14)9-13(19)11-6-10(3)7-12(18)8-11/h6-8,13H,4-5,9,19H2,1-3H3. The van der Waals surface area contributed by atoms with Crippen molar-refractivity contribution in [1.29, 1.82) is 0 Å². The number of benzene rings is 1. The van der Waals surface area contributed by atoms with Gasteiger partial charge in [0.1, 0.15) is 5.82 Å². The molecule has 114 valence electrons. The number of aryl methyl sites for hydroxylation is 3. The van der Waals surface area contributed by atoms with Gasteiger partial charge in [-0.3, -0.25) is 4.68 Å². The van der Waals surface area contributed by atoms with E-state index in [0.717, 1.165) is 35.5 Å². The van der Waals surface area contributed by atoms with Crippen molar-refractivity contribution in [1.82, 2.24) is 9.78 Å². The van der Waals surface area contributed by atoms with Crippen molar-refractivity contribution in [3.8, 4) is 0 Å². The molecular weight excluding hydrogens is 289 g/mol. The number of hydrogen-bond acceptors (Lipinski definition) is 2. The van der Waals surface area contributed by atoms with Crippen LogP contribution in [0.4, 0.5) is 4.39 Å². The van der Waals surface area contributed by atoms with Crippen LogP contribution in [0.5, 0.6) is 0 Å². The number of aromatic nitrogens is 2. The van der Waals surface area contributed by atoms with Gasteiger partial charge in [-0.2, -0.15) is 5.10 Å². The van der Waals surface area contributed by atoms with E-state index < -0.39 is 0 Å². The minimum atomic E-state index is -0.302. The molecule has 5 heteroatoms. The van der Waals surface area contributed by atoms with Gasteiger partial charge in [0.25, 0.3) is 0 Å². The highest BCUT2D eigenvalue weighted by Crippen LogP contribution is 2.26. The molecule has 3 nitrogen and oxygen atoms in total. The smallest absolute Gasteiger partial charge is 0.123 e. The lowest BCUT2D eigenvalue weighted by atomic mass is 10.0. The zero-order chi connectivity index (χ0) is 15.6. The van der Waals surface area contributed by atoms with Crippen LogP contribution in [0.3, 0.4) is 0 Å². The normalized spacial score (nSPS) is 12.7. The predicted octanol–water partition coefficient (Wildman–Crippen LogP) is 3.81. The Morgan fingerprint density at radius 2 is 2.05 bits per heavy atom. The average Bonchev–Trinajstić information content (AvgIpc) is 2.74. The third kappa shape index (κ3) is 3.44. The van der Waals surface area contributed by atoms with Gasteiger partial charge < -0.3 is 5.73 Å². The van der Waals surface area contributed by atoms with E-state index in [2.05, 4.69) is 5.10 Å². The van der Waals surface area contributed by atoms with Crippen LogP contribution in [-0.2, 0) is 19.4 Å². The highest BCUT2D eigenvalue weighted by Gasteiger charge is 2.18. The summed E-state index contributed by atoms with van der Waals surface area (Å²) in [6.07, 6.45) is 1.33. The van der Waals surface area contributed by atoms with Crippen molar-refractivity contribution in [3.05, 3.63) is 51.6 Å². The Hall–Kier alpha value is -1.39. The first-order valence-electron chi connectivity index (χ1n) is 7.23. The molecule has 1 aromatic heterocycles. The second-order valence-electron chi connectivity index (χ2n) is 5.25. The Morgan fingerprint density at radius 3 is 2.62 bits per heavy atom. The van der Waals surface area contributed by atoms with Gasteiger partial charge in [0.2, 0.25) is 0 Å². The van der Waals surface area contributed by atoms with Crippen LogP contribution in [0.25, 0.3) is 0 Å². The van der Waals surface area contributed by atoms with Crippen LogP contribution in [0, 0.1) is 12.7 Å². The van der Waals surface area contributed by atoms with Crippen molar-refractivity contribution in [2.24, 2.45) is 5.73 Å². The van der Waals surface area contributed by atoms with Gasteiger partial charge in [-0.1, -0.05) is 24.6 Å². The molecular formula is C16H21ClFN3. The van der Waals surface area contributed by atoms with E-state index in [1.54, 1.807) is 0 Å². The zero-order valence-electron chi connectivity index (χ0n) is 12.7. The van der Waals surface area contributed by atoms with Crippen molar-refractivity contribution in [3.63, 3.8) is 0 Å². The predicted molar refractivity (Wildman–Crippen MR) is 84.1 cm³/mol. The van der Waals surface area contributed by atoms with E-state index in [1.807, 2.05) is 31.5 Å². The van der Waals surface area contributed by atoms with Crippen molar-refractivity contribution in [2.45, 2.75) is 46.2 Å². The van der Waals surface area contributed by atoms with Gasteiger partial charge in [-0.25, -0.2) is 4.39 Å². The maximum absolute atomic E-state index is 13.5. The summed E-state index contributed by atoms with van der Waals surface area (Å²) in [4.78, 5) is 0. The van der Waals surface area contributed by atoms with Crippen molar-refractivity contribution < 1.29 is 4.39 Å². The zero-order valence-corrected chi connectivity index (χ0v) is 13.4. The minimum Gasteiger partial charge on any atom is -0.324 e. The van der Waals surface area contributed by atoms with Gasteiger partial charge in [0, 0.05) is 19.0 Å². The molecule has 1 unspecified atom stereocenters. The Bertz CT molecular complexity index is 616. The van der Waals surface area contributed by atoms with Gasteiger partial charge in [0.15, 0.2) is 0 Å². The Balaban J connectivity index is 2.30. The summed E-state index contributed by atoms with van der Waals surface area (Å²) in [6.45, 7) is 6.64. The average molecular weight is 310 g/mol. The first-order valence-corrected chi connectivity index (χ1v) is 7.60. The number of nitrogens with zero attached hydrogens (tertiary/aromatic N) is 2. The Morgan fingerprint density at radius 1 is 1.33 bits per heavy atom. The molecule has 2 N–H and O–H groups in total. The maximum Gasteiger partial charge on any atom is 0.123 e. The van der Waals surface area contributed by atoms with Crippen molar-refractivity contribution >= 4 is 11.6 Å². The third-order valence-corrected chi connectivity index (χ3v) is 4.04. The Kier molecular flexibility index (Phi) is 5.01. The monoisotopic (exact) mass is 309 g/mol. The fraction of sp³-hybridized carbons (Fsp3) is 0.438. The van der Waals surface area contributed by atoms with E-state index in [1.165, 1.54) is 12.1 Å². The molecule has 0 aliphatic heterocycles. The largest absolute Gasteiger partial charge is 0.324 e. The molecule has 1 atom stereocenters. The van der Waals surface area contributed by atoms with E-state index in [9.17, 15) is 4.39 Å². The molecule has 0 saturated heterocycles. The lowest BCUT2D eigenvalue weighted by Gasteiger charge is -2.14. The molecule has 0 saturated carbocycles. The number of rotatable bonds is 5. The van der Waals surface area contributed by atoms with Crippen LogP contribution >= 0.6 is 11.6 Å². The highest BCUT2D eigenvalue weighted by atomic mass is 35.5.